The van der Waals surface area contributed by atoms with Gasteiger partial charge in [0.1, 0.15) is 17.3 Å². The van der Waals surface area contributed by atoms with Gasteiger partial charge in [0.15, 0.2) is 0 Å². The van der Waals surface area contributed by atoms with E-state index in [-0.39, 0.29) is 29.4 Å². The Kier molecular flexibility index (Phi) is 5.44. The largest absolute Gasteiger partial charge is 0.478 e. The second-order valence-electron chi connectivity index (χ2n) is 8.74. The Hall–Kier alpha value is -3.35. The van der Waals surface area contributed by atoms with Gasteiger partial charge in [0.25, 0.3) is 0 Å². The van der Waals surface area contributed by atoms with Gasteiger partial charge in [-0.15, -0.1) is 0 Å². The van der Waals surface area contributed by atoms with Crippen LogP contribution in [0.15, 0.2) is 53.2 Å². The zero-order valence-electron chi connectivity index (χ0n) is 18.0. The molecule has 1 atom stereocenters. The van der Waals surface area contributed by atoms with Crippen LogP contribution in [0.2, 0.25) is 0 Å². The van der Waals surface area contributed by atoms with Gasteiger partial charge in [-0.25, -0.2) is 23.0 Å². The quantitative estimate of drug-likeness (QED) is 0.714. The fourth-order valence-corrected chi connectivity index (χ4v) is 4.29. The number of hydrogen-bond acceptors (Lipinski definition) is 3. The van der Waals surface area contributed by atoms with Crippen molar-refractivity contribution in [3.8, 4) is 0 Å². The van der Waals surface area contributed by atoms with Crippen molar-refractivity contribution in [1.29, 1.82) is 0 Å². The minimum absolute atomic E-state index is 0.0638. The summed E-state index contributed by atoms with van der Waals surface area (Å²) in [6.45, 7) is 4.69. The first-order valence-corrected chi connectivity index (χ1v) is 10.3. The predicted molar refractivity (Wildman–Crippen MR) is 117 cm³/mol. The van der Waals surface area contributed by atoms with E-state index in [2.05, 4.69) is 4.99 Å². The Bertz CT molecular complexity index is 1270. The Labute approximate surface area is 183 Å². The topological polar surface area (TPSA) is 52.9 Å². The number of carboxylic acids is 1. The summed E-state index contributed by atoms with van der Waals surface area (Å²) in [6.07, 6.45) is 2.50. The number of nitrogens with zero attached hydrogens (tertiary/aromatic N) is 2. The Morgan fingerprint density at radius 1 is 1.25 bits per heavy atom. The molecule has 2 aromatic rings. The molecule has 2 aliphatic rings. The number of benzene rings is 2. The van der Waals surface area contributed by atoms with Crippen LogP contribution in [0, 0.1) is 11.6 Å². The molecule has 0 saturated heterocycles. The molecule has 0 fully saturated rings. The van der Waals surface area contributed by atoms with Crippen LogP contribution in [0.5, 0.6) is 0 Å². The summed E-state index contributed by atoms with van der Waals surface area (Å²) in [5, 5.41) is 10.4. The molecule has 2 heterocycles. The number of carboxylic acid groups (broad SMARTS) is 1. The van der Waals surface area contributed by atoms with Crippen LogP contribution in [-0.4, -0.2) is 34.2 Å². The zero-order chi connectivity index (χ0) is 23.2. The molecule has 2 aliphatic heterocycles. The maximum atomic E-state index is 15.3. The van der Waals surface area contributed by atoms with E-state index in [1.165, 1.54) is 13.8 Å². The molecular formula is C25H23F3N2O2. The van der Waals surface area contributed by atoms with E-state index in [4.69, 9.17) is 5.11 Å². The molecule has 0 spiro atoms. The molecule has 1 N–H and O–H groups in total. The number of carbonyl (C=O) groups is 1. The summed E-state index contributed by atoms with van der Waals surface area (Å²) in [4.78, 5) is 17.1. The fraction of sp³-hybridized carbons (Fsp3) is 0.280. The summed E-state index contributed by atoms with van der Waals surface area (Å²) in [7, 11) is 0. The fourth-order valence-electron chi connectivity index (χ4n) is 4.29. The molecule has 0 amide bonds. The van der Waals surface area contributed by atoms with Crippen molar-refractivity contribution in [3.63, 3.8) is 0 Å². The third kappa shape index (κ3) is 4.07. The van der Waals surface area contributed by atoms with Crippen LogP contribution >= 0.6 is 0 Å². The van der Waals surface area contributed by atoms with E-state index in [0.29, 0.717) is 17.5 Å². The van der Waals surface area contributed by atoms with Crippen molar-refractivity contribution in [2.24, 2.45) is 4.99 Å². The van der Waals surface area contributed by atoms with Crippen LogP contribution in [0.25, 0.3) is 17.3 Å². The van der Waals surface area contributed by atoms with Crippen LogP contribution in [0.3, 0.4) is 0 Å². The molecule has 4 rings (SSSR count). The number of alkyl halides is 1. The molecule has 1 unspecified atom stereocenters. The summed E-state index contributed by atoms with van der Waals surface area (Å²) in [5.74, 6) is -2.95. The van der Waals surface area contributed by atoms with Crippen LogP contribution < -0.4 is 10.6 Å². The second-order valence-corrected chi connectivity index (χ2v) is 8.74. The van der Waals surface area contributed by atoms with Crippen molar-refractivity contribution in [2.75, 3.05) is 6.54 Å². The SMILES string of the molecule is CC1CC2=c3ccccc3=NC2=C(c2c(F)cc(C=CC(=O)O)cc2F)N1CC(C)(C)F. The van der Waals surface area contributed by atoms with E-state index in [1.54, 1.807) is 4.90 Å². The molecular weight excluding hydrogens is 417 g/mol. The minimum atomic E-state index is -1.61. The molecule has 0 aromatic heterocycles. The molecule has 7 heteroatoms. The van der Waals surface area contributed by atoms with Crippen LogP contribution in [0.4, 0.5) is 13.2 Å². The molecule has 0 aliphatic carbocycles. The summed E-state index contributed by atoms with van der Waals surface area (Å²) in [5.41, 5.74) is -0.291. The molecule has 2 aromatic carbocycles. The van der Waals surface area contributed by atoms with E-state index < -0.39 is 23.3 Å². The van der Waals surface area contributed by atoms with Gasteiger partial charge in [-0.2, -0.15) is 0 Å². The molecule has 4 nitrogen and oxygen atoms in total. The first-order chi connectivity index (χ1) is 15.0. The highest BCUT2D eigenvalue weighted by Gasteiger charge is 2.37. The molecule has 32 heavy (non-hydrogen) atoms. The Morgan fingerprint density at radius 3 is 2.53 bits per heavy atom. The number of rotatable bonds is 5. The van der Waals surface area contributed by atoms with Crippen molar-refractivity contribution in [3.05, 3.63) is 81.5 Å². The molecule has 166 valence electrons. The van der Waals surface area contributed by atoms with Gasteiger partial charge >= 0.3 is 5.97 Å². The van der Waals surface area contributed by atoms with Crippen molar-refractivity contribution in [1.82, 2.24) is 4.90 Å². The standard InChI is InChI=1S/C25H23F3N2O2/c1-14-10-17-16-6-4-5-7-20(16)29-23(17)24(30(14)13-25(2,3)28)22-18(26)11-15(12-19(22)27)8-9-21(31)32/h4-9,11-12,14H,10,13H2,1-3H3,(H,31,32). The van der Waals surface area contributed by atoms with E-state index in [0.717, 1.165) is 35.1 Å². The van der Waals surface area contributed by atoms with Crippen molar-refractivity contribution >= 4 is 23.3 Å². The number of fused-ring (bicyclic) bond motifs is 2. The normalized spacial score (nSPS) is 18.1. The highest BCUT2D eigenvalue weighted by Crippen LogP contribution is 2.41. The van der Waals surface area contributed by atoms with Gasteiger partial charge < -0.3 is 10.0 Å². The number of para-hydroxylation sites is 1. The maximum absolute atomic E-state index is 15.3. The average molecular weight is 440 g/mol. The minimum Gasteiger partial charge on any atom is -0.478 e. The first-order valence-electron chi connectivity index (χ1n) is 10.3. The van der Waals surface area contributed by atoms with Crippen LogP contribution in [0.1, 0.15) is 38.3 Å². The average Bonchev–Trinajstić information content (AvgIpc) is 3.05. The molecule has 0 radical (unpaired) electrons. The lowest BCUT2D eigenvalue weighted by Crippen LogP contribution is -2.43. The zero-order valence-corrected chi connectivity index (χ0v) is 18.0. The van der Waals surface area contributed by atoms with Gasteiger partial charge in [0, 0.05) is 17.3 Å². The molecule has 0 saturated carbocycles. The number of halogens is 3. The third-order valence-corrected chi connectivity index (χ3v) is 5.56. The Morgan fingerprint density at radius 2 is 1.91 bits per heavy atom. The lowest BCUT2D eigenvalue weighted by atomic mass is 9.90. The van der Waals surface area contributed by atoms with Crippen LogP contribution in [-0.2, 0) is 4.79 Å². The summed E-state index contributed by atoms with van der Waals surface area (Å²) < 4.78 is 45.4. The van der Waals surface area contributed by atoms with E-state index >= 15 is 8.78 Å². The van der Waals surface area contributed by atoms with Gasteiger partial charge in [0.2, 0.25) is 0 Å². The lowest BCUT2D eigenvalue weighted by molar-refractivity contribution is -0.131. The monoisotopic (exact) mass is 440 g/mol. The smallest absolute Gasteiger partial charge is 0.328 e. The number of aliphatic carboxylic acids is 1. The predicted octanol–water partition coefficient (Wildman–Crippen LogP) is 4.06. The molecule has 0 bridgehead atoms. The maximum Gasteiger partial charge on any atom is 0.328 e. The van der Waals surface area contributed by atoms with Crippen molar-refractivity contribution < 1.29 is 23.1 Å². The first kappa shape index (κ1) is 21.9. The van der Waals surface area contributed by atoms with Gasteiger partial charge in [0.05, 0.1) is 28.9 Å². The number of allylic oxidation sites excluding steroid dienone is 1. The number of hydrogen-bond donors (Lipinski definition) is 1. The summed E-state index contributed by atoms with van der Waals surface area (Å²) in [6, 6.07) is 9.42. The van der Waals surface area contributed by atoms with Gasteiger partial charge in [-0.05, 0) is 62.6 Å². The summed E-state index contributed by atoms with van der Waals surface area (Å²) >= 11 is 0. The third-order valence-electron chi connectivity index (χ3n) is 5.56. The highest BCUT2D eigenvalue weighted by molar-refractivity contribution is 5.87. The highest BCUT2D eigenvalue weighted by atomic mass is 19.1. The Balaban J connectivity index is 1.98. The second kappa shape index (κ2) is 7.97. The van der Waals surface area contributed by atoms with Crippen molar-refractivity contribution in [2.45, 2.75) is 38.9 Å². The van der Waals surface area contributed by atoms with Gasteiger partial charge in [-0.1, -0.05) is 18.2 Å². The van der Waals surface area contributed by atoms with E-state index in [1.807, 2.05) is 31.2 Å². The lowest BCUT2D eigenvalue weighted by Gasteiger charge is -2.41. The van der Waals surface area contributed by atoms with Gasteiger partial charge in [-0.3, -0.25) is 0 Å². The van der Waals surface area contributed by atoms with E-state index in [9.17, 15) is 9.18 Å².